The summed E-state index contributed by atoms with van der Waals surface area (Å²) in [4.78, 5) is 16.3. The number of piperazine rings is 1. The Morgan fingerprint density at radius 1 is 1.11 bits per heavy atom. The maximum absolute atomic E-state index is 14.3. The summed E-state index contributed by atoms with van der Waals surface area (Å²) in [7, 11) is -4.00. The molecule has 3 rings (SSSR count). The quantitative estimate of drug-likeness (QED) is 0.739. The maximum Gasteiger partial charge on any atom is 0.253 e. The van der Waals surface area contributed by atoms with Gasteiger partial charge in [-0.25, -0.2) is 12.8 Å². The molecule has 2 saturated heterocycles. The predicted molar refractivity (Wildman–Crippen MR) is 98.6 cm³/mol. The highest BCUT2D eigenvalue weighted by atomic mass is 32.2. The predicted octanol–water partition coefficient (Wildman–Crippen LogP) is 1.01. The number of carbonyl (C=O) groups excluding carboxylic acids is 1. The number of halogens is 1. The fraction of sp³-hybridized carbons (Fsp3) is 0.611. The molecule has 27 heavy (non-hydrogen) atoms. The molecular weight excluding hydrogens is 373 g/mol. The molecule has 0 bridgehead atoms. The molecule has 0 atom stereocenters. The lowest BCUT2D eigenvalue weighted by atomic mass is 10.1. The highest BCUT2D eigenvalue weighted by Gasteiger charge is 2.30. The summed E-state index contributed by atoms with van der Waals surface area (Å²) in [6, 6.07) is 3.59. The number of benzene rings is 1. The first-order valence-electron chi connectivity index (χ1n) is 9.32. The van der Waals surface area contributed by atoms with Crippen molar-refractivity contribution in [2.45, 2.75) is 18.2 Å². The molecule has 0 radical (unpaired) electrons. The molecular formula is C18H26FN3O4S. The summed E-state index contributed by atoms with van der Waals surface area (Å²) in [5, 5.41) is 0. The van der Waals surface area contributed by atoms with Crippen LogP contribution in [0.5, 0.6) is 0 Å². The van der Waals surface area contributed by atoms with Crippen molar-refractivity contribution in [3.63, 3.8) is 0 Å². The van der Waals surface area contributed by atoms with E-state index in [1.54, 1.807) is 4.90 Å². The molecule has 7 nitrogen and oxygen atoms in total. The number of rotatable bonds is 5. The molecule has 2 aliphatic heterocycles. The Kier molecular flexibility index (Phi) is 6.46. The zero-order valence-corrected chi connectivity index (χ0v) is 16.4. The molecule has 0 saturated carbocycles. The third kappa shape index (κ3) is 4.48. The first kappa shape index (κ1) is 20.2. The highest BCUT2D eigenvalue weighted by molar-refractivity contribution is 7.89. The maximum atomic E-state index is 14.3. The topological polar surface area (TPSA) is 70.2 Å². The first-order valence-corrected chi connectivity index (χ1v) is 10.8. The monoisotopic (exact) mass is 399 g/mol. The van der Waals surface area contributed by atoms with Gasteiger partial charge in [0.25, 0.3) is 5.91 Å². The second kappa shape index (κ2) is 8.64. The Morgan fingerprint density at radius 3 is 2.41 bits per heavy atom. The largest absolute Gasteiger partial charge is 0.379 e. The van der Waals surface area contributed by atoms with Crippen LogP contribution >= 0.6 is 0 Å². The molecule has 2 aliphatic rings. The lowest BCUT2D eigenvalue weighted by Gasteiger charge is -2.34. The minimum Gasteiger partial charge on any atom is -0.379 e. The molecule has 0 aromatic heterocycles. The van der Waals surface area contributed by atoms with Crippen LogP contribution in [0.2, 0.25) is 0 Å². The molecule has 9 heteroatoms. The van der Waals surface area contributed by atoms with E-state index in [0.717, 1.165) is 32.1 Å². The number of amides is 1. The summed E-state index contributed by atoms with van der Waals surface area (Å²) in [5.74, 6) is -1.10. The van der Waals surface area contributed by atoms with Gasteiger partial charge < -0.3 is 9.64 Å². The zero-order valence-electron chi connectivity index (χ0n) is 15.6. The van der Waals surface area contributed by atoms with Gasteiger partial charge in [-0.1, -0.05) is 6.92 Å². The van der Waals surface area contributed by atoms with Crippen molar-refractivity contribution < 1.29 is 22.3 Å². The van der Waals surface area contributed by atoms with E-state index >= 15 is 0 Å². The molecule has 0 N–H and O–H groups in total. The second-order valence-corrected chi connectivity index (χ2v) is 8.70. The van der Waals surface area contributed by atoms with Crippen molar-refractivity contribution in [3.05, 3.63) is 29.6 Å². The molecule has 150 valence electrons. The lowest BCUT2D eigenvalue weighted by molar-refractivity contribution is 0.0637. The smallest absolute Gasteiger partial charge is 0.253 e. The minimum absolute atomic E-state index is 0.180. The summed E-state index contributed by atoms with van der Waals surface area (Å²) < 4.78 is 46.2. The van der Waals surface area contributed by atoms with Crippen LogP contribution in [0.1, 0.15) is 23.7 Å². The molecule has 0 aliphatic carbocycles. The van der Waals surface area contributed by atoms with Crippen molar-refractivity contribution in [1.29, 1.82) is 0 Å². The molecule has 0 spiro atoms. The summed E-state index contributed by atoms with van der Waals surface area (Å²) in [5.41, 5.74) is 0.201. The van der Waals surface area contributed by atoms with E-state index in [2.05, 4.69) is 11.8 Å². The molecule has 2 fully saturated rings. The lowest BCUT2D eigenvalue weighted by Crippen LogP contribution is -2.48. The van der Waals surface area contributed by atoms with Crippen molar-refractivity contribution in [3.8, 4) is 0 Å². The number of sulfonamides is 1. The first-order chi connectivity index (χ1) is 12.9. The van der Waals surface area contributed by atoms with Gasteiger partial charge in [0.1, 0.15) is 10.7 Å². The SMILES string of the molecule is CCCN1CCN(C(=O)c2ccc(F)c(S(=O)(=O)N3CCOCC3)c2)CC1. The Labute approximate surface area is 159 Å². The van der Waals surface area contributed by atoms with E-state index in [4.69, 9.17) is 4.74 Å². The van der Waals surface area contributed by atoms with Crippen LogP contribution in [-0.2, 0) is 14.8 Å². The van der Waals surface area contributed by atoms with Crippen LogP contribution in [0.25, 0.3) is 0 Å². The Bertz CT molecular complexity index is 773. The number of carbonyl (C=O) groups is 1. The van der Waals surface area contributed by atoms with Gasteiger partial charge in [-0.3, -0.25) is 9.69 Å². The Hall–Kier alpha value is -1.55. The van der Waals surface area contributed by atoms with Crippen molar-refractivity contribution in [2.24, 2.45) is 0 Å². The highest BCUT2D eigenvalue weighted by Crippen LogP contribution is 2.23. The van der Waals surface area contributed by atoms with Gasteiger partial charge in [0.15, 0.2) is 0 Å². The van der Waals surface area contributed by atoms with Gasteiger partial charge in [0.2, 0.25) is 10.0 Å². The fourth-order valence-electron chi connectivity index (χ4n) is 3.43. The summed E-state index contributed by atoms with van der Waals surface area (Å²) in [6.45, 7) is 6.79. The molecule has 0 unspecified atom stereocenters. The van der Waals surface area contributed by atoms with E-state index in [-0.39, 0.29) is 37.8 Å². The van der Waals surface area contributed by atoms with Crippen LogP contribution in [0, 0.1) is 5.82 Å². The molecule has 1 amide bonds. The summed E-state index contributed by atoms with van der Waals surface area (Å²) in [6.07, 6.45) is 1.06. The van der Waals surface area contributed by atoms with E-state index in [1.165, 1.54) is 16.4 Å². The normalized spacial score (nSPS) is 20.0. The third-order valence-corrected chi connectivity index (χ3v) is 6.88. The standard InChI is InChI=1S/C18H26FN3O4S/c1-2-5-20-6-8-21(9-7-20)18(23)15-3-4-16(19)17(14-15)27(24,25)22-10-12-26-13-11-22/h3-4,14H,2,5-13H2,1H3. The van der Waals surface area contributed by atoms with E-state index < -0.39 is 20.7 Å². The van der Waals surface area contributed by atoms with Gasteiger partial charge in [0, 0.05) is 44.8 Å². The van der Waals surface area contributed by atoms with Gasteiger partial charge in [0.05, 0.1) is 13.2 Å². The molecule has 2 heterocycles. The number of ether oxygens (including phenoxy) is 1. The van der Waals surface area contributed by atoms with Crippen molar-refractivity contribution >= 4 is 15.9 Å². The number of nitrogens with zero attached hydrogens (tertiary/aromatic N) is 3. The van der Waals surface area contributed by atoms with Crippen LogP contribution in [0.4, 0.5) is 4.39 Å². The third-order valence-electron chi connectivity index (χ3n) is 4.97. The van der Waals surface area contributed by atoms with Crippen LogP contribution in [0.15, 0.2) is 23.1 Å². The fourth-order valence-corrected chi connectivity index (χ4v) is 4.93. The molecule has 1 aromatic rings. The van der Waals surface area contributed by atoms with Crippen LogP contribution in [0.3, 0.4) is 0 Å². The van der Waals surface area contributed by atoms with Gasteiger partial charge in [-0.2, -0.15) is 4.31 Å². The zero-order chi connectivity index (χ0) is 19.4. The van der Waals surface area contributed by atoms with Crippen molar-refractivity contribution in [2.75, 3.05) is 59.0 Å². The second-order valence-electron chi connectivity index (χ2n) is 6.80. The molecule has 1 aromatic carbocycles. The van der Waals surface area contributed by atoms with E-state index in [1.807, 2.05) is 0 Å². The van der Waals surface area contributed by atoms with E-state index in [0.29, 0.717) is 13.1 Å². The van der Waals surface area contributed by atoms with Gasteiger partial charge in [-0.05, 0) is 31.2 Å². The number of morpholine rings is 1. The minimum atomic E-state index is -4.00. The number of hydrogen-bond donors (Lipinski definition) is 0. The Morgan fingerprint density at radius 2 is 1.78 bits per heavy atom. The average Bonchev–Trinajstić information content (AvgIpc) is 2.69. The van der Waals surface area contributed by atoms with E-state index in [9.17, 15) is 17.6 Å². The van der Waals surface area contributed by atoms with Crippen molar-refractivity contribution in [1.82, 2.24) is 14.1 Å². The Balaban J connectivity index is 1.78. The average molecular weight is 399 g/mol. The van der Waals surface area contributed by atoms with Gasteiger partial charge in [-0.15, -0.1) is 0 Å². The van der Waals surface area contributed by atoms with Gasteiger partial charge >= 0.3 is 0 Å². The van der Waals surface area contributed by atoms with Crippen LogP contribution in [-0.4, -0.2) is 87.5 Å². The number of hydrogen-bond acceptors (Lipinski definition) is 5. The van der Waals surface area contributed by atoms with Crippen LogP contribution < -0.4 is 0 Å². The summed E-state index contributed by atoms with van der Waals surface area (Å²) >= 11 is 0.